The number of benzene rings is 1. The molecule has 7 nitrogen and oxygen atoms in total. The molecule has 2 heterocycles. The van der Waals surface area contributed by atoms with Gasteiger partial charge in [0.1, 0.15) is 0 Å². The highest BCUT2D eigenvalue weighted by molar-refractivity contribution is 7.89. The first-order chi connectivity index (χ1) is 11.7. The lowest BCUT2D eigenvalue weighted by molar-refractivity contribution is -0.279. The monoisotopic (exact) mass is 369 g/mol. The zero-order valence-corrected chi connectivity index (χ0v) is 15.4. The molecule has 0 amide bonds. The maximum atomic E-state index is 13.2. The molecule has 0 N–H and O–H groups in total. The maximum absolute atomic E-state index is 13.2. The molecule has 8 heteroatoms. The van der Waals surface area contributed by atoms with Crippen molar-refractivity contribution in [3.63, 3.8) is 0 Å². The molecule has 1 aromatic carbocycles. The van der Waals surface area contributed by atoms with Gasteiger partial charge in [0.05, 0.1) is 37.2 Å². The smallest absolute Gasteiger partial charge is 0.307 e. The number of carbonyl (C=O) groups is 1. The van der Waals surface area contributed by atoms with Crippen molar-refractivity contribution in [2.75, 3.05) is 13.7 Å². The Kier molecular flexibility index (Phi) is 4.89. The van der Waals surface area contributed by atoms with E-state index < -0.39 is 33.9 Å². The normalized spacial score (nSPS) is 29.2. The fraction of sp³-hybridized carbons (Fsp3) is 0.588. The molecule has 2 aliphatic heterocycles. The summed E-state index contributed by atoms with van der Waals surface area (Å²) in [5.41, 5.74) is 0. The van der Waals surface area contributed by atoms with Crippen LogP contribution in [0.25, 0.3) is 0 Å². The van der Waals surface area contributed by atoms with Gasteiger partial charge in [0.15, 0.2) is 5.79 Å². The van der Waals surface area contributed by atoms with Gasteiger partial charge >= 0.3 is 5.97 Å². The van der Waals surface area contributed by atoms with E-state index >= 15 is 0 Å². The van der Waals surface area contributed by atoms with Crippen molar-refractivity contribution in [1.29, 1.82) is 0 Å². The van der Waals surface area contributed by atoms with Crippen molar-refractivity contribution in [3.05, 3.63) is 30.3 Å². The average Bonchev–Trinajstić information content (AvgIpc) is 2.91. The van der Waals surface area contributed by atoms with E-state index in [4.69, 9.17) is 14.2 Å². The van der Waals surface area contributed by atoms with Crippen LogP contribution in [0.5, 0.6) is 0 Å². The Balaban J connectivity index is 1.96. The highest BCUT2D eigenvalue weighted by Gasteiger charge is 2.53. The highest BCUT2D eigenvalue weighted by atomic mass is 32.2. The Morgan fingerprint density at radius 1 is 1.32 bits per heavy atom. The molecule has 0 aliphatic carbocycles. The number of ether oxygens (including phenoxy) is 3. The van der Waals surface area contributed by atoms with Gasteiger partial charge < -0.3 is 14.2 Å². The number of rotatable bonds is 4. The van der Waals surface area contributed by atoms with Crippen LogP contribution in [0.4, 0.5) is 0 Å². The zero-order valence-electron chi connectivity index (χ0n) is 14.5. The standard InChI is InChI=1S/C17H23NO6S/c1-17(2)23-11-14-15(24-17)9-12(10-16(19)22-3)18(14)25(20,21)13-7-5-4-6-8-13/h4-8,12,14-15H,9-11H2,1-3H3/t12-,14-,15-/m1/s1. The molecular formula is C17H23NO6S. The minimum atomic E-state index is -3.78. The molecule has 138 valence electrons. The van der Waals surface area contributed by atoms with E-state index in [-0.39, 0.29) is 24.0 Å². The molecule has 0 bridgehead atoms. The third-order valence-electron chi connectivity index (χ3n) is 4.61. The largest absolute Gasteiger partial charge is 0.469 e. The van der Waals surface area contributed by atoms with Gasteiger partial charge in [0.25, 0.3) is 0 Å². The minimum absolute atomic E-state index is 0.0145. The lowest BCUT2D eigenvalue weighted by atomic mass is 10.1. The number of hydrogen-bond acceptors (Lipinski definition) is 6. The summed E-state index contributed by atoms with van der Waals surface area (Å²) in [6.45, 7) is 3.82. The predicted octanol–water partition coefficient (Wildman–Crippen LogP) is 1.53. The van der Waals surface area contributed by atoms with Crippen molar-refractivity contribution >= 4 is 16.0 Å². The molecule has 2 saturated heterocycles. The first-order valence-corrected chi connectivity index (χ1v) is 9.66. The number of fused-ring (bicyclic) bond motifs is 1. The molecule has 3 rings (SSSR count). The first kappa shape index (κ1) is 18.3. The van der Waals surface area contributed by atoms with Gasteiger partial charge in [-0.2, -0.15) is 4.31 Å². The maximum Gasteiger partial charge on any atom is 0.307 e. The van der Waals surface area contributed by atoms with Crippen LogP contribution in [0.15, 0.2) is 35.2 Å². The molecule has 25 heavy (non-hydrogen) atoms. The van der Waals surface area contributed by atoms with Gasteiger partial charge in [-0.05, 0) is 32.4 Å². The summed E-state index contributed by atoms with van der Waals surface area (Å²) in [5, 5.41) is 0. The number of carbonyl (C=O) groups excluding carboxylic acids is 1. The fourth-order valence-corrected chi connectivity index (χ4v) is 5.34. The fourth-order valence-electron chi connectivity index (χ4n) is 3.49. The molecule has 2 aliphatic rings. The Morgan fingerprint density at radius 3 is 2.64 bits per heavy atom. The van der Waals surface area contributed by atoms with Gasteiger partial charge in [0.2, 0.25) is 10.0 Å². The average molecular weight is 369 g/mol. The molecular weight excluding hydrogens is 346 g/mol. The zero-order chi connectivity index (χ0) is 18.2. The van der Waals surface area contributed by atoms with E-state index in [1.165, 1.54) is 11.4 Å². The molecule has 0 aromatic heterocycles. The van der Waals surface area contributed by atoms with Crippen molar-refractivity contribution in [2.24, 2.45) is 0 Å². The Morgan fingerprint density at radius 2 is 2.00 bits per heavy atom. The quantitative estimate of drug-likeness (QED) is 0.749. The van der Waals surface area contributed by atoms with E-state index in [0.717, 1.165) is 0 Å². The molecule has 0 unspecified atom stereocenters. The van der Waals surface area contributed by atoms with Crippen LogP contribution in [-0.2, 0) is 29.0 Å². The van der Waals surface area contributed by atoms with Crippen LogP contribution in [0.2, 0.25) is 0 Å². The molecule has 2 fully saturated rings. The van der Waals surface area contributed by atoms with E-state index in [1.807, 2.05) is 0 Å². The van der Waals surface area contributed by atoms with Crippen LogP contribution in [0.1, 0.15) is 26.7 Å². The minimum Gasteiger partial charge on any atom is -0.469 e. The molecule has 1 aromatic rings. The summed E-state index contributed by atoms with van der Waals surface area (Å²) in [5.74, 6) is -1.22. The molecule has 0 spiro atoms. The summed E-state index contributed by atoms with van der Waals surface area (Å²) in [6, 6.07) is 7.21. The SMILES string of the molecule is COC(=O)C[C@H]1C[C@H]2OC(C)(C)OC[C@H]2N1S(=O)(=O)c1ccccc1. The second-order valence-electron chi connectivity index (χ2n) is 6.75. The summed E-state index contributed by atoms with van der Waals surface area (Å²) in [6.07, 6.45) is 0.0923. The van der Waals surface area contributed by atoms with E-state index in [9.17, 15) is 13.2 Å². The second kappa shape index (κ2) is 6.68. The van der Waals surface area contributed by atoms with Crippen LogP contribution in [0.3, 0.4) is 0 Å². The Bertz CT molecular complexity index is 733. The van der Waals surface area contributed by atoms with Gasteiger partial charge in [-0.25, -0.2) is 8.42 Å². The summed E-state index contributed by atoms with van der Waals surface area (Å²) < 4.78 is 44.1. The molecule has 0 radical (unpaired) electrons. The van der Waals surface area contributed by atoms with E-state index in [1.54, 1.807) is 44.2 Å². The number of esters is 1. The highest BCUT2D eigenvalue weighted by Crippen LogP contribution is 2.39. The van der Waals surface area contributed by atoms with Crippen molar-refractivity contribution in [1.82, 2.24) is 4.31 Å². The topological polar surface area (TPSA) is 82.1 Å². The van der Waals surface area contributed by atoms with E-state index in [2.05, 4.69) is 0 Å². The third kappa shape index (κ3) is 3.57. The number of methoxy groups -OCH3 is 1. The molecule has 3 atom stereocenters. The van der Waals surface area contributed by atoms with Gasteiger partial charge in [-0.1, -0.05) is 18.2 Å². The van der Waals surface area contributed by atoms with Gasteiger partial charge in [-0.15, -0.1) is 0 Å². The first-order valence-electron chi connectivity index (χ1n) is 8.22. The van der Waals surface area contributed by atoms with Crippen molar-refractivity contribution in [3.8, 4) is 0 Å². The second-order valence-corrected chi connectivity index (χ2v) is 8.60. The number of sulfonamides is 1. The third-order valence-corrected chi connectivity index (χ3v) is 6.60. The van der Waals surface area contributed by atoms with Crippen LogP contribution in [-0.4, -0.2) is 56.4 Å². The van der Waals surface area contributed by atoms with Crippen LogP contribution < -0.4 is 0 Å². The lowest BCUT2D eigenvalue weighted by Gasteiger charge is -2.40. The van der Waals surface area contributed by atoms with Gasteiger partial charge in [-0.3, -0.25) is 4.79 Å². The number of nitrogens with zero attached hydrogens (tertiary/aromatic N) is 1. The van der Waals surface area contributed by atoms with E-state index in [0.29, 0.717) is 6.42 Å². The van der Waals surface area contributed by atoms with Crippen molar-refractivity contribution in [2.45, 2.75) is 55.6 Å². The summed E-state index contributed by atoms with van der Waals surface area (Å²) in [7, 11) is -2.49. The summed E-state index contributed by atoms with van der Waals surface area (Å²) in [4.78, 5) is 12.0. The predicted molar refractivity (Wildman–Crippen MR) is 89.2 cm³/mol. The van der Waals surface area contributed by atoms with Crippen LogP contribution >= 0.6 is 0 Å². The molecule has 0 saturated carbocycles. The van der Waals surface area contributed by atoms with Crippen LogP contribution in [0, 0.1) is 0 Å². The van der Waals surface area contributed by atoms with Crippen molar-refractivity contribution < 1.29 is 27.4 Å². The van der Waals surface area contributed by atoms with Gasteiger partial charge in [0, 0.05) is 6.04 Å². The lowest BCUT2D eigenvalue weighted by Crippen LogP contribution is -2.53. The Labute approximate surface area is 147 Å². The Hall–Kier alpha value is -1.48. The summed E-state index contributed by atoms with van der Waals surface area (Å²) >= 11 is 0. The number of hydrogen-bond donors (Lipinski definition) is 0.